The first-order valence-electron chi connectivity index (χ1n) is 6.41. The predicted molar refractivity (Wildman–Crippen MR) is 83.2 cm³/mol. The Labute approximate surface area is 125 Å². The topological polar surface area (TPSA) is 67.6 Å². The van der Waals surface area contributed by atoms with Crippen molar-refractivity contribution >= 4 is 23.8 Å². The van der Waals surface area contributed by atoms with Crippen molar-refractivity contribution in [1.29, 1.82) is 0 Å². The van der Waals surface area contributed by atoms with Crippen molar-refractivity contribution in [3.05, 3.63) is 28.3 Å². The summed E-state index contributed by atoms with van der Waals surface area (Å²) in [7, 11) is 1.51. The van der Waals surface area contributed by atoms with E-state index in [0.717, 1.165) is 31.9 Å². The van der Waals surface area contributed by atoms with Crippen LogP contribution in [0, 0.1) is 10.1 Å². The zero-order valence-corrected chi connectivity index (χ0v) is 12.9. The average molecular weight is 304 g/mol. The number of nitro groups is 1. The lowest BCUT2D eigenvalue weighted by Gasteiger charge is -2.19. The van der Waals surface area contributed by atoms with Gasteiger partial charge in [-0.05, 0) is 19.2 Å². The fourth-order valence-electron chi connectivity index (χ4n) is 1.83. The number of nitrogens with zero attached hydrogens (tertiary/aromatic N) is 2. The molecule has 0 amide bonds. The second kappa shape index (κ2) is 9.39. The smallest absolute Gasteiger partial charge is 0.273 e. The highest BCUT2D eigenvalue weighted by Crippen LogP contribution is 2.28. The van der Waals surface area contributed by atoms with Crippen molar-refractivity contribution < 1.29 is 9.66 Å². The van der Waals surface area contributed by atoms with Crippen LogP contribution in [0.25, 0.3) is 0 Å². The number of halogens is 1. The summed E-state index contributed by atoms with van der Waals surface area (Å²) in [4.78, 5) is 12.6. The highest BCUT2D eigenvalue weighted by atomic mass is 35.5. The largest absolute Gasteiger partial charge is 0.494 e. The van der Waals surface area contributed by atoms with E-state index in [4.69, 9.17) is 4.74 Å². The number of anilines is 1. The van der Waals surface area contributed by atoms with E-state index < -0.39 is 4.92 Å². The number of methoxy groups -OCH3 is 1. The molecular formula is C13H22ClN3O3. The van der Waals surface area contributed by atoms with Crippen LogP contribution in [0.15, 0.2) is 18.2 Å². The van der Waals surface area contributed by atoms with Crippen molar-refractivity contribution in [2.24, 2.45) is 0 Å². The molecule has 0 unspecified atom stereocenters. The maximum absolute atomic E-state index is 10.7. The van der Waals surface area contributed by atoms with E-state index in [2.05, 4.69) is 24.1 Å². The molecule has 0 saturated heterocycles. The van der Waals surface area contributed by atoms with E-state index in [1.54, 1.807) is 6.07 Å². The lowest BCUT2D eigenvalue weighted by molar-refractivity contribution is -0.384. The van der Waals surface area contributed by atoms with E-state index in [-0.39, 0.29) is 18.1 Å². The molecule has 1 aromatic carbocycles. The first kappa shape index (κ1) is 18.5. The van der Waals surface area contributed by atoms with Gasteiger partial charge in [-0.25, -0.2) is 0 Å². The zero-order chi connectivity index (χ0) is 14.3. The fraction of sp³-hybridized carbons (Fsp3) is 0.538. The molecule has 0 radical (unpaired) electrons. The monoisotopic (exact) mass is 303 g/mol. The van der Waals surface area contributed by atoms with Crippen molar-refractivity contribution in [3.63, 3.8) is 0 Å². The van der Waals surface area contributed by atoms with E-state index in [1.807, 2.05) is 0 Å². The minimum atomic E-state index is -0.428. The molecule has 1 aromatic rings. The van der Waals surface area contributed by atoms with Crippen LogP contribution in [-0.2, 0) is 0 Å². The lowest BCUT2D eigenvalue weighted by atomic mass is 10.2. The number of nitro benzene ring substituents is 1. The van der Waals surface area contributed by atoms with Gasteiger partial charge in [0.25, 0.3) is 5.69 Å². The third-order valence-corrected chi connectivity index (χ3v) is 3.03. The van der Waals surface area contributed by atoms with Gasteiger partial charge in [0.05, 0.1) is 23.8 Å². The molecule has 0 aliphatic carbocycles. The molecule has 0 aliphatic heterocycles. The van der Waals surface area contributed by atoms with Crippen molar-refractivity contribution in [2.75, 3.05) is 38.6 Å². The lowest BCUT2D eigenvalue weighted by Crippen LogP contribution is -2.28. The van der Waals surface area contributed by atoms with Gasteiger partial charge in [-0.15, -0.1) is 12.4 Å². The molecule has 0 spiro atoms. The second-order valence-corrected chi connectivity index (χ2v) is 4.10. The van der Waals surface area contributed by atoms with Gasteiger partial charge in [0, 0.05) is 19.2 Å². The van der Waals surface area contributed by atoms with Gasteiger partial charge in [0.2, 0.25) is 0 Å². The van der Waals surface area contributed by atoms with Crippen LogP contribution in [0.5, 0.6) is 5.75 Å². The molecule has 0 aromatic heterocycles. The van der Waals surface area contributed by atoms with Gasteiger partial charge >= 0.3 is 0 Å². The molecule has 6 nitrogen and oxygen atoms in total. The van der Waals surface area contributed by atoms with Gasteiger partial charge in [-0.3, -0.25) is 10.1 Å². The maximum Gasteiger partial charge on any atom is 0.273 e. The standard InChI is InChI=1S/C13H21N3O3.ClH/c1-4-15(5-2)9-8-14-12-7-6-11(16(17)18)10-13(12)19-3;/h6-7,10,14H,4-5,8-9H2,1-3H3;1H. The van der Waals surface area contributed by atoms with Crippen LogP contribution in [0.1, 0.15) is 13.8 Å². The van der Waals surface area contributed by atoms with Gasteiger partial charge in [-0.2, -0.15) is 0 Å². The van der Waals surface area contributed by atoms with Crippen LogP contribution < -0.4 is 10.1 Å². The van der Waals surface area contributed by atoms with Crippen molar-refractivity contribution in [1.82, 2.24) is 4.90 Å². The van der Waals surface area contributed by atoms with Crippen molar-refractivity contribution in [3.8, 4) is 5.75 Å². The Balaban J connectivity index is 0.00000361. The number of hydrogen-bond donors (Lipinski definition) is 1. The molecule has 0 aliphatic rings. The third kappa shape index (κ3) is 5.22. The summed E-state index contributed by atoms with van der Waals surface area (Å²) in [5, 5.41) is 13.9. The van der Waals surface area contributed by atoms with Crippen LogP contribution in [0.3, 0.4) is 0 Å². The molecular weight excluding hydrogens is 282 g/mol. The molecule has 1 N–H and O–H groups in total. The molecule has 20 heavy (non-hydrogen) atoms. The number of ether oxygens (including phenoxy) is 1. The highest BCUT2D eigenvalue weighted by Gasteiger charge is 2.11. The predicted octanol–water partition coefficient (Wildman–Crippen LogP) is 2.78. The summed E-state index contributed by atoms with van der Waals surface area (Å²) in [6.07, 6.45) is 0. The SMILES string of the molecule is CCN(CC)CCNc1ccc([N+](=O)[O-])cc1OC.Cl. The third-order valence-electron chi connectivity index (χ3n) is 3.03. The molecule has 0 heterocycles. The van der Waals surface area contributed by atoms with Crippen molar-refractivity contribution in [2.45, 2.75) is 13.8 Å². The van der Waals surface area contributed by atoms with Gasteiger partial charge in [0.15, 0.2) is 0 Å². The maximum atomic E-state index is 10.7. The number of non-ortho nitro benzene ring substituents is 1. The number of likely N-dealkylation sites (N-methyl/N-ethyl adjacent to an activating group) is 1. The normalized spacial score (nSPS) is 10.0. The van der Waals surface area contributed by atoms with Crippen LogP contribution in [0.2, 0.25) is 0 Å². The Hall–Kier alpha value is -1.53. The number of nitrogens with one attached hydrogen (secondary N) is 1. The van der Waals surface area contributed by atoms with E-state index in [9.17, 15) is 10.1 Å². The molecule has 0 saturated carbocycles. The highest BCUT2D eigenvalue weighted by molar-refractivity contribution is 5.85. The number of hydrogen-bond acceptors (Lipinski definition) is 5. The van der Waals surface area contributed by atoms with Crippen LogP contribution >= 0.6 is 12.4 Å². The summed E-state index contributed by atoms with van der Waals surface area (Å²) in [5.41, 5.74) is 0.811. The van der Waals surface area contributed by atoms with Gasteiger partial charge < -0.3 is 15.0 Å². The Kier molecular flexibility index (Phi) is 8.67. The summed E-state index contributed by atoms with van der Waals surface area (Å²) >= 11 is 0. The minimum absolute atomic E-state index is 0. The van der Waals surface area contributed by atoms with Gasteiger partial charge in [0.1, 0.15) is 5.75 Å². The molecule has 1 rings (SSSR count). The summed E-state index contributed by atoms with van der Waals surface area (Å²) in [6, 6.07) is 4.58. The first-order chi connectivity index (χ1) is 9.12. The molecule has 0 atom stereocenters. The quantitative estimate of drug-likeness (QED) is 0.591. The first-order valence-corrected chi connectivity index (χ1v) is 6.41. The second-order valence-electron chi connectivity index (χ2n) is 4.10. The number of rotatable bonds is 8. The molecule has 114 valence electrons. The van der Waals surface area contributed by atoms with E-state index >= 15 is 0 Å². The van der Waals surface area contributed by atoms with Crippen LogP contribution in [-0.4, -0.2) is 43.1 Å². The Morgan fingerprint density at radius 2 is 2.00 bits per heavy atom. The summed E-state index contributed by atoms with van der Waals surface area (Å²) < 4.78 is 5.17. The average Bonchev–Trinajstić information content (AvgIpc) is 2.43. The molecule has 7 heteroatoms. The molecule has 0 bridgehead atoms. The summed E-state index contributed by atoms with van der Waals surface area (Å²) in [5.74, 6) is 0.494. The number of benzene rings is 1. The Morgan fingerprint density at radius 1 is 1.35 bits per heavy atom. The van der Waals surface area contributed by atoms with E-state index in [0.29, 0.717) is 5.75 Å². The van der Waals surface area contributed by atoms with Crippen LogP contribution in [0.4, 0.5) is 11.4 Å². The minimum Gasteiger partial charge on any atom is -0.494 e. The van der Waals surface area contributed by atoms with Gasteiger partial charge in [-0.1, -0.05) is 13.8 Å². The van der Waals surface area contributed by atoms with E-state index in [1.165, 1.54) is 19.2 Å². The summed E-state index contributed by atoms with van der Waals surface area (Å²) in [6.45, 7) is 7.96. The fourth-order valence-corrected chi connectivity index (χ4v) is 1.83. The Morgan fingerprint density at radius 3 is 2.50 bits per heavy atom. The zero-order valence-electron chi connectivity index (χ0n) is 12.1. The molecule has 0 fully saturated rings. The Bertz CT molecular complexity index is 425.